The van der Waals surface area contributed by atoms with Crippen LogP contribution in [0.5, 0.6) is 5.88 Å². The smallest absolute Gasteiger partial charge is 0.228 e. The number of ether oxygens (including phenoxy) is 1. The average Bonchev–Trinajstić information content (AvgIpc) is 2.28. The lowest BCUT2D eigenvalue weighted by Gasteiger charge is -2.26. The van der Waals surface area contributed by atoms with Crippen LogP contribution in [0.25, 0.3) is 0 Å². The summed E-state index contributed by atoms with van der Waals surface area (Å²) in [5, 5.41) is 0. The van der Waals surface area contributed by atoms with Crippen molar-refractivity contribution in [3.8, 4) is 5.88 Å². The molecule has 1 fully saturated rings. The maximum absolute atomic E-state index is 5.96. The highest BCUT2D eigenvalue weighted by Crippen LogP contribution is 2.30. The molecule has 0 amide bonds. The lowest BCUT2D eigenvalue weighted by Crippen LogP contribution is -2.23. The summed E-state index contributed by atoms with van der Waals surface area (Å²) in [6, 6.07) is 1.99. The fourth-order valence-corrected chi connectivity index (χ4v) is 2.43. The SMILES string of the molecule is Cc1ccnc(OC2CCC(C)CC2)c1Br. The highest BCUT2D eigenvalue weighted by molar-refractivity contribution is 9.10. The van der Waals surface area contributed by atoms with Crippen LogP contribution >= 0.6 is 15.9 Å². The maximum atomic E-state index is 5.96. The van der Waals surface area contributed by atoms with Crippen LogP contribution in [0.15, 0.2) is 16.7 Å². The third kappa shape index (κ3) is 2.76. The third-order valence-electron chi connectivity index (χ3n) is 3.29. The molecular weight excluding hydrogens is 266 g/mol. The number of rotatable bonds is 2. The molecule has 3 heteroatoms. The molecule has 0 atom stereocenters. The predicted octanol–water partition coefficient (Wildman–Crippen LogP) is 4.11. The molecule has 88 valence electrons. The van der Waals surface area contributed by atoms with Gasteiger partial charge < -0.3 is 4.74 Å². The summed E-state index contributed by atoms with van der Waals surface area (Å²) in [5.41, 5.74) is 1.18. The van der Waals surface area contributed by atoms with E-state index < -0.39 is 0 Å². The van der Waals surface area contributed by atoms with Crippen LogP contribution in [-0.2, 0) is 0 Å². The average molecular weight is 284 g/mol. The molecule has 2 nitrogen and oxygen atoms in total. The lowest BCUT2D eigenvalue weighted by atomic mass is 9.89. The molecule has 0 aliphatic heterocycles. The Morgan fingerprint density at radius 1 is 1.31 bits per heavy atom. The largest absolute Gasteiger partial charge is 0.474 e. The topological polar surface area (TPSA) is 22.1 Å². The molecule has 1 aliphatic rings. The zero-order chi connectivity index (χ0) is 11.5. The molecule has 0 unspecified atom stereocenters. The Hall–Kier alpha value is -0.570. The van der Waals surface area contributed by atoms with E-state index in [4.69, 9.17) is 4.74 Å². The summed E-state index contributed by atoms with van der Waals surface area (Å²) in [4.78, 5) is 4.28. The van der Waals surface area contributed by atoms with Crippen molar-refractivity contribution < 1.29 is 4.74 Å². The van der Waals surface area contributed by atoms with Gasteiger partial charge in [0.05, 0.1) is 4.47 Å². The zero-order valence-corrected chi connectivity index (χ0v) is 11.5. The summed E-state index contributed by atoms with van der Waals surface area (Å²) < 4.78 is 6.95. The first kappa shape index (κ1) is 11.9. The summed E-state index contributed by atoms with van der Waals surface area (Å²) in [5.74, 6) is 1.60. The molecule has 1 aromatic rings. The first-order valence-corrected chi connectivity index (χ1v) is 6.74. The quantitative estimate of drug-likeness (QED) is 0.815. The first-order chi connectivity index (χ1) is 7.66. The molecule has 1 aromatic heterocycles. The van der Waals surface area contributed by atoms with Crippen molar-refractivity contribution >= 4 is 15.9 Å². The van der Waals surface area contributed by atoms with Gasteiger partial charge in [-0.15, -0.1) is 0 Å². The number of hydrogen-bond donors (Lipinski definition) is 0. The number of aryl methyl sites for hydroxylation is 1. The Labute approximate surface area is 106 Å². The van der Waals surface area contributed by atoms with Crippen LogP contribution < -0.4 is 4.74 Å². The minimum absolute atomic E-state index is 0.349. The summed E-state index contributed by atoms with van der Waals surface area (Å²) in [7, 11) is 0. The summed E-state index contributed by atoms with van der Waals surface area (Å²) in [6.45, 7) is 4.37. The van der Waals surface area contributed by atoms with E-state index in [0.717, 1.165) is 29.1 Å². The maximum Gasteiger partial charge on any atom is 0.228 e. The number of nitrogens with zero attached hydrogens (tertiary/aromatic N) is 1. The summed E-state index contributed by atoms with van der Waals surface area (Å²) in [6.07, 6.45) is 7.01. The van der Waals surface area contributed by atoms with Gasteiger partial charge >= 0.3 is 0 Å². The molecule has 1 heterocycles. The van der Waals surface area contributed by atoms with Gasteiger partial charge in [-0.1, -0.05) is 6.92 Å². The van der Waals surface area contributed by atoms with Gasteiger partial charge in [-0.3, -0.25) is 0 Å². The van der Waals surface area contributed by atoms with Gasteiger partial charge in [0.2, 0.25) is 5.88 Å². The van der Waals surface area contributed by atoms with Crippen LogP contribution in [-0.4, -0.2) is 11.1 Å². The number of hydrogen-bond acceptors (Lipinski definition) is 2. The van der Waals surface area contributed by atoms with Crippen molar-refractivity contribution in [2.75, 3.05) is 0 Å². The Kier molecular flexibility index (Phi) is 3.85. The number of pyridine rings is 1. The van der Waals surface area contributed by atoms with Crippen molar-refractivity contribution in [2.45, 2.75) is 45.6 Å². The van der Waals surface area contributed by atoms with Crippen molar-refractivity contribution in [2.24, 2.45) is 5.92 Å². The molecular formula is C13H18BrNO. The van der Waals surface area contributed by atoms with Crippen molar-refractivity contribution in [1.82, 2.24) is 4.98 Å². The molecule has 0 aromatic carbocycles. The van der Waals surface area contributed by atoms with E-state index in [1.807, 2.05) is 6.07 Å². The van der Waals surface area contributed by atoms with E-state index in [0.29, 0.717) is 6.10 Å². The van der Waals surface area contributed by atoms with Crippen LogP contribution in [0.4, 0.5) is 0 Å². The second kappa shape index (κ2) is 5.17. The molecule has 1 saturated carbocycles. The van der Waals surface area contributed by atoms with Gasteiger partial charge in [0.25, 0.3) is 0 Å². The van der Waals surface area contributed by atoms with Crippen molar-refractivity contribution in [3.05, 3.63) is 22.3 Å². The van der Waals surface area contributed by atoms with Crippen LogP contribution in [0, 0.1) is 12.8 Å². The molecule has 1 aliphatic carbocycles. The van der Waals surface area contributed by atoms with E-state index >= 15 is 0 Å². The highest BCUT2D eigenvalue weighted by atomic mass is 79.9. The second-order valence-electron chi connectivity index (χ2n) is 4.75. The number of aromatic nitrogens is 1. The summed E-state index contributed by atoms with van der Waals surface area (Å²) >= 11 is 3.53. The Morgan fingerprint density at radius 3 is 2.69 bits per heavy atom. The highest BCUT2D eigenvalue weighted by Gasteiger charge is 2.20. The van der Waals surface area contributed by atoms with Gasteiger partial charge in [0.15, 0.2) is 0 Å². The predicted molar refractivity (Wildman–Crippen MR) is 68.7 cm³/mol. The van der Waals surface area contributed by atoms with E-state index in [2.05, 4.69) is 34.8 Å². The van der Waals surface area contributed by atoms with E-state index in [1.54, 1.807) is 6.20 Å². The second-order valence-corrected chi connectivity index (χ2v) is 5.54. The van der Waals surface area contributed by atoms with E-state index in [9.17, 15) is 0 Å². The minimum Gasteiger partial charge on any atom is -0.474 e. The Bertz CT molecular complexity index is 359. The van der Waals surface area contributed by atoms with Gasteiger partial charge in [-0.05, 0) is 66.1 Å². The zero-order valence-electron chi connectivity index (χ0n) is 9.87. The molecule has 16 heavy (non-hydrogen) atoms. The number of halogens is 1. The van der Waals surface area contributed by atoms with Gasteiger partial charge in [0.1, 0.15) is 6.10 Å². The Morgan fingerprint density at radius 2 is 2.00 bits per heavy atom. The van der Waals surface area contributed by atoms with Gasteiger partial charge in [0, 0.05) is 6.20 Å². The van der Waals surface area contributed by atoms with Crippen LogP contribution in [0.3, 0.4) is 0 Å². The van der Waals surface area contributed by atoms with Crippen molar-refractivity contribution in [1.29, 1.82) is 0 Å². The third-order valence-corrected chi connectivity index (χ3v) is 4.26. The normalized spacial score (nSPS) is 25.4. The van der Waals surface area contributed by atoms with Gasteiger partial charge in [-0.25, -0.2) is 4.98 Å². The molecule has 0 spiro atoms. The fourth-order valence-electron chi connectivity index (χ4n) is 2.10. The monoisotopic (exact) mass is 283 g/mol. The first-order valence-electron chi connectivity index (χ1n) is 5.94. The molecule has 0 saturated heterocycles. The van der Waals surface area contributed by atoms with E-state index in [1.165, 1.54) is 18.4 Å². The fraction of sp³-hybridized carbons (Fsp3) is 0.615. The molecule has 2 rings (SSSR count). The van der Waals surface area contributed by atoms with Crippen molar-refractivity contribution in [3.63, 3.8) is 0 Å². The van der Waals surface area contributed by atoms with Crippen LogP contribution in [0.2, 0.25) is 0 Å². The lowest BCUT2D eigenvalue weighted by molar-refractivity contribution is 0.129. The minimum atomic E-state index is 0.349. The Balaban J connectivity index is 2.01. The van der Waals surface area contributed by atoms with Gasteiger partial charge in [-0.2, -0.15) is 0 Å². The molecule has 0 bridgehead atoms. The van der Waals surface area contributed by atoms with E-state index in [-0.39, 0.29) is 0 Å². The molecule has 0 N–H and O–H groups in total. The molecule has 0 radical (unpaired) electrons. The standard InChI is InChI=1S/C13H18BrNO/c1-9-3-5-11(6-4-9)16-13-12(14)10(2)7-8-15-13/h7-9,11H,3-6H2,1-2H3. The van der Waals surface area contributed by atoms with Crippen LogP contribution in [0.1, 0.15) is 38.2 Å².